The minimum Gasteiger partial charge on any atom is -0.508 e. The number of nitrogens with one attached hydrogen (secondary N) is 1. The zero-order chi connectivity index (χ0) is 11.1. The van der Waals surface area contributed by atoms with E-state index in [2.05, 4.69) is 21.2 Å². The van der Waals surface area contributed by atoms with Crippen molar-refractivity contribution < 1.29 is 9.84 Å². The molecular formula is C11H16BrNO2. The van der Waals surface area contributed by atoms with Gasteiger partial charge >= 0.3 is 0 Å². The smallest absolute Gasteiger partial charge is 0.118 e. The fourth-order valence-electron chi connectivity index (χ4n) is 1.13. The van der Waals surface area contributed by atoms with Gasteiger partial charge in [0.2, 0.25) is 0 Å². The first-order valence-electron chi connectivity index (χ1n) is 4.94. The standard InChI is InChI=1S/C7H7BrO.C4H9NO/c1-5-4-6(8)2-3-7(5)9;1-3-6-4-2-5-1/h2-4,9H,1H3;5H,1-4H2. The Labute approximate surface area is 98.6 Å². The number of phenols is 1. The molecule has 0 aromatic heterocycles. The largest absolute Gasteiger partial charge is 0.508 e. The number of benzene rings is 1. The van der Waals surface area contributed by atoms with Crippen LogP contribution in [0.1, 0.15) is 5.56 Å². The van der Waals surface area contributed by atoms with Gasteiger partial charge in [0.25, 0.3) is 0 Å². The molecular weight excluding hydrogens is 258 g/mol. The van der Waals surface area contributed by atoms with Crippen molar-refractivity contribution in [1.29, 1.82) is 0 Å². The van der Waals surface area contributed by atoms with Gasteiger partial charge in [0.1, 0.15) is 5.75 Å². The molecule has 0 aliphatic carbocycles. The Bertz CT molecular complexity index is 289. The minimum absolute atomic E-state index is 0.346. The highest BCUT2D eigenvalue weighted by Gasteiger charge is 1.93. The quantitative estimate of drug-likeness (QED) is 0.761. The second kappa shape index (κ2) is 6.82. The van der Waals surface area contributed by atoms with Crippen LogP contribution < -0.4 is 5.32 Å². The normalized spacial score (nSPS) is 15.3. The maximum absolute atomic E-state index is 9.02. The van der Waals surface area contributed by atoms with E-state index in [0.29, 0.717) is 5.75 Å². The molecule has 0 bridgehead atoms. The van der Waals surface area contributed by atoms with Crippen molar-refractivity contribution in [3.63, 3.8) is 0 Å². The van der Waals surface area contributed by atoms with E-state index in [-0.39, 0.29) is 0 Å². The molecule has 0 unspecified atom stereocenters. The van der Waals surface area contributed by atoms with E-state index in [4.69, 9.17) is 9.84 Å². The molecule has 1 heterocycles. The summed E-state index contributed by atoms with van der Waals surface area (Å²) in [6, 6.07) is 5.34. The van der Waals surface area contributed by atoms with Gasteiger partial charge in [-0.05, 0) is 30.7 Å². The number of phenolic OH excluding ortho intramolecular Hbond substituents is 1. The predicted octanol–water partition coefficient (Wildman–Crippen LogP) is 2.07. The van der Waals surface area contributed by atoms with Gasteiger partial charge in [-0.2, -0.15) is 0 Å². The second-order valence-electron chi connectivity index (χ2n) is 3.29. The molecule has 1 aromatic carbocycles. The molecule has 84 valence electrons. The number of morpholine rings is 1. The van der Waals surface area contributed by atoms with Crippen LogP contribution in [0.5, 0.6) is 5.75 Å². The first-order valence-corrected chi connectivity index (χ1v) is 5.73. The molecule has 3 nitrogen and oxygen atoms in total. The van der Waals surface area contributed by atoms with Crippen molar-refractivity contribution in [2.45, 2.75) is 6.92 Å². The maximum atomic E-state index is 9.02. The van der Waals surface area contributed by atoms with E-state index in [9.17, 15) is 0 Å². The topological polar surface area (TPSA) is 41.5 Å². The molecule has 1 aromatic rings. The van der Waals surface area contributed by atoms with Crippen molar-refractivity contribution in [1.82, 2.24) is 5.32 Å². The van der Waals surface area contributed by atoms with Gasteiger partial charge < -0.3 is 15.2 Å². The summed E-state index contributed by atoms with van der Waals surface area (Å²) < 4.78 is 6.00. The lowest BCUT2D eigenvalue weighted by molar-refractivity contribution is 0.109. The van der Waals surface area contributed by atoms with Gasteiger partial charge in [-0.3, -0.25) is 0 Å². The first kappa shape index (κ1) is 12.5. The van der Waals surface area contributed by atoms with E-state index in [1.54, 1.807) is 6.07 Å². The highest BCUT2D eigenvalue weighted by molar-refractivity contribution is 9.10. The molecule has 15 heavy (non-hydrogen) atoms. The number of rotatable bonds is 0. The van der Waals surface area contributed by atoms with Crippen LogP contribution in [-0.2, 0) is 4.74 Å². The number of aromatic hydroxyl groups is 1. The van der Waals surface area contributed by atoms with Gasteiger partial charge in [0.15, 0.2) is 0 Å². The number of aryl methyl sites for hydroxylation is 1. The van der Waals surface area contributed by atoms with Crippen molar-refractivity contribution >= 4 is 15.9 Å². The SMILES string of the molecule is C1COCCN1.Cc1cc(Br)ccc1O. The predicted molar refractivity (Wildman–Crippen MR) is 64.2 cm³/mol. The lowest BCUT2D eigenvalue weighted by Gasteiger charge is -2.10. The van der Waals surface area contributed by atoms with E-state index in [0.717, 1.165) is 36.3 Å². The third kappa shape index (κ3) is 5.16. The van der Waals surface area contributed by atoms with Gasteiger partial charge in [0.05, 0.1) is 13.2 Å². The summed E-state index contributed by atoms with van der Waals surface area (Å²) >= 11 is 3.29. The highest BCUT2D eigenvalue weighted by Crippen LogP contribution is 2.19. The first-order chi connectivity index (χ1) is 7.20. The monoisotopic (exact) mass is 273 g/mol. The van der Waals surface area contributed by atoms with Crippen LogP contribution in [0.15, 0.2) is 22.7 Å². The molecule has 0 amide bonds. The Morgan fingerprint density at radius 3 is 2.33 bits per heavy atom. The second-order valence-corrected chi connectivity index (χ2v) is 4.21. The fraction of sp³-hybridized carbons (Fsp3) is 0.455. The Morgan fingerprint density at radius 1 is 1.33 bits per heavy atom. The van der Waals surface area contributed by atoms with E-state index in [1.165, 1.54) is 0 Å². The molecule has 1 aliphatic heterocycles. The molecule has 0 spiro atoms. The number of hydrogen-bond donors (Lipinski definition) is 2. The minimum atomic E-state index is 0.346. The fourth-order valence-corrected chi connectivity index (χ4v) is 1.61. The molecule has 0 saturated carbocycles. The van der Waals surface area contributed by atoms with Crippen molar-refractivity contribution in [2.24, 2.45) is 0 Å². The Hall–Kier alpha value is -0.580. The van der Waals surface area contributed by atoms with Crippen molar-refractivity contribution in [3.8, 4) is 5.75 Å². The van der Waals surface area contributed by atoms with Crippen LogP contribution >= 0.6 is 15.9 Å². The summed E-state index contributed by atoms with van der Waals surface area (Å²) in [7, 11) is 0. The number of halogens is 1. The van der Waals surface area contributed by atoms with Crippen LogP contribution in [0.4, 0.5) is 0 Å². The summed E-state index contributed by atoms with van der Waals surface area (Å²) in [5, 5.41) is 12.2. The summed E-state index contributed by atoms with van der Waals surface area (Å²) in [5.41, 5.74) is 0.893. The summed E-state index contributed by atoms with van der Waals surface area (Å²) in [4.78, 5) is 0. The van der Waals surface area contributed by atoms with Crippen LogP contribution in [0, 0.1) is 6.92 Å². The Kier molecular flexibility index (Phi) is 5.68. The van der Waals surface area contributed by atoms with E-state index >= 15 is 0 Å². The summed E-state index contributed by atoms with van der Waals surface area (Å²) in [5.74, 6) is 0.346. The molecule has 2 rings (SSSR count). The molecule has 1 fully saturated rings. The van der Waals surface area contributed by atoms with Crippen LogP contribution in [0.3, 0.4) is 0 Å². The summed E-state index contributed by atoms with van der Waals surface area (Å²) in [6.07, 6.45) is 0. The lowest BCUT2D eigenvalue weighted by Crippen LogP contribution is -2.30. The van der Waals surface area contributed by atoms with Crippen molar-refractivity contribution in [3.05, 3.63) is 28.2 Å². The Balaban J connectivity index is 0.000000162. The molecule has 4 heteroatoms. The van der Waals surface area contributed by atoms with E-state index < -0.39 is 0 Å². The van der Waals surface area contributed by atoms with Gasteiger partial charge in [-0.15, -0.1) is 0 Å². The molecule has 1 aliphatic rings. The van der Waals surface area contributed by atoms with E-state index in [1.807, 2.05) is 19.1 Å². The van der Waals surface area contributed by atoms with Crippen molar-refractivity contribution in [2.75, 3.05) is 26.3 Å². The molecule has 2 N–H and O–H groups in total. The van der Waals surface area contributed by atoms with Gasteiger partial charge in [0, 0.05) is 17.6 Å². The van der Waals surface area contributed by atoms with Gasteiger partial charge in [-0.1, -0.05) is 15.9 Å². The van der Waals surface area contributed by atoms with Gasteiger partial charge in [-0.25, -0.2) is 0 Å². The molecule has 1 saturated heterocycles. The third-order valence-electron chi connectivity index (χ3n) is 2.01. The average molecular weight is 274 g/mol. The van der Waals surface area contributed by atoms with Crippen LogP contribution in [-0.4, -0.2) is 31.4 Å². The number of hydrogen-bond acceptors (Lipinski definition) is 3. The maximum Gasteiger partial charge on any atom is 0.118 e. The molecule has 0 radical (unpaired) electrons. The summed E-state index contributed by atoms with van der Waals surface area (Å²) in [6.45, 7) is 5.69. The highest BCUT2D eigenvalue weighted by atomic mass is 79.9. The zero-order valence-electron chi connectivity index (χ0n) is 8.79. The van der Waals surface area contributed by atoms with Crippen LogP contribution in [0.2, 0.25) is 0 Å². The molecule has 0 atom stereocenters. The third-order valence-corrected chi connectivity index (χ3v) is 2.50. The van der Waals surface area contributed by atoms with Crippen LogP contribution in [0.25, 0.3) is 0 Å². The average Bonchev–Trinajstić information content (AvgIpc) is 2.27. The lowest BCUT2D eigenvalue weighted by atomic mass is 10.2. The number of ether oxygens (including phenoxy) is 1. The zero-order valence-corrected chi connectivity index (χ0v) is 10.4. The Morgan fingerprint density at radius 2 is 2.00 bits per heavy atom.